The number of benzene rings is 1. The summed E-state index contributed by atoms with van der Waals surface area (Å²) < 4.78 is 1.62. The smallest absolute Gasteiger partial charge is 0.254 e. The molecule has 0 aliphatic heterocycles. The summed E-state index contributed by atoms with van der Waals surface area (Å²) >= 11 is 0. The SMILES string of the molecule is Cc1nc2c(C(N)=O)cnn2c(C)c1CCC(=O)NC1(C)Cc2ccccc2C1. The number of amides is 2. The van der Waals surface area contributed by atoms with E-state index in [0.29, 0.717) is 24.1 Å². The summed E-state index contributed by atoms with van der Waals surface area (Å²) in [5.74, 6) is -0.526. The monoisotopic (exact) mass is 391 g/mol. The van der Waals surface area contributed by atoms with Gasteiger partial charge in [-0.3, -0.25) is 9.59 Å². The molecule has 0 unspecified atom stereocenters. The number of aryl methyl sites for hydroxylation is 2. The van der Waals surface area contributed by atoms with Crippen LogP contribution in [0.5, 0.6) is 0 Å². The van der Waals surface area contributed by atoms with E-state index in [1.54, 1.807) is 4.52 Å². The van der Waals surface area contributed by atoms with Crippen molar-refractivity contribution in [1.29, 1.82) is 0 Å². The number of carbonyl (C=O) groups is 2. The molecule has 2 amide bonds. The molecule has 0 bridgehead atoms. The number of primary amides is 1. The highest BCUT2D eigenvalue weighted by Gasteiger charge is 2.33. The Morgan fingerprint density at radius 2 is 1.86 bits per heavy atom. The van der Waals surface area contributed by atoms with Crippen LogP contribution in [0.1, 0.15) is 51.8 Å². The van der Waals surface area contributed by atoms with Crippen molar-refractivity contribution in [3.63, 3.8) is 0 Å². The fraction of sp³-hybridized carbons (Fsp3) is 0.364. The van der Waals surface area contributed by atoms with Crippen LogP contribution in [-0.2, 0) is 24.1 Å². The normalized spacial score (nSPS) is 14.7. The van der Waals surface area contributed by atoms with E-state index in [9.17, 15) is 9.59 Å². The molecule has 2 heterocycles. The Hall–Kier alpha value is -3.22. The minimum absolute atomic E-state index is 0.0255. The summed E-state index contributed by atoms with van der Waals surface area (Å²) in [5.41, 5.74) is 11.1. The van der Waals surface area contributed by atoms with Crippen LogP contribution in [0.2, 0.25) is 0 Å². The second kappa shape index (κ2) is 6.99. The zero-order valence-corrected chi connectivity index (χ0v) is 17.0. The van der Waals surface area contributed by atoms with E-state index in [4.69, 9.17) is 5.73 Å². The maximum Gasteiger partial charge on any atom is 0.254 e. The number of aromatic nitrogens is 3. The first-order valence-electron chi connectivity index (χ1n) is 9.79. The third-order valence-electron chi connectivity index (χ3n) is 5.80. The van der Waals surface area contributed by atoms with Crippen molar-refractivity contribution in [2.45, 2.75) is 52.0 Å². The molecule has 29 heavy (non-hydrogen) atoms. The van der Waals surface area contributed by atoms with Crippen LogP contribution >= 0.6 is 0 Å². The third-order valence-corrected chi connectivity index (χ3v) is 5.80. The minimum Gasteiger partial charge on any atom is -0.365 e. The quantitative estimate of drug-likeness (QED) is 0.695. The summed E-state index contributed by atoms with van der Waals surface area (Å²) in [6, 6.07) is 8.34. The maximum absolute atomic E-state index is 12.7. The molecule has 0 radical (unpaired) electrons. The van der Waals surface area contributed by atoms with Gasteiger partial charge in [-0.2, -0.15) is 5.10 Å². The van der Waals surface area contributed by atoms with E-state index in [0.717, 1.165) is 29.8 Å². The average Bonchev–Trinajstić information content (AvgIpc) is 3.21. The van der Waals surface area contributed by atoms with Crippen molar-refractivity contribution in [3.8, 4) is 0 Å². The van der Waals surface area contributed by atoms with Crippen LogP contribution in [0, 0.1) is 13.8 Å². The fourth-order valence-corrected chi connectivity index (χ4v) is 4.38. The Morgan fingerprint density at radius 1 is 1.21 bits per heavy atom. The summed E-state index contributed by atoms with van der Waals surface area (Å²) in [4.78, 5) is 28.8. The van der Waals surface area contributed by atoms with E-state index in [-0.39, 0.29) is 11.4 Å². The van der Waals surface area contributed by atoms with Crippen molar-refractivity contribution >= 4 is 17.5 Å². The van der Waals surface area contributed by atoms with Gasteiger partial charge in [0, 0.05) is 23.3 Å². The minimum atomic E-state index is -0.552. The molecule has 0 saturated heterocycles. The molecule has 2 aromatic heterocycles. The van der Waals surface area contributed by atoms with Crippen molar-refractivity contribution in [2.75, 3.05) is 0 Å². The molecule has 4 rings (SSSR count). The molecule has 0 atom stereocenters. The van der Waals surface area contributed by atoms with Crippen LogP contribution in [0.15, 0.2) is 30.5 Å². The van der Waals surface area contributed by atoms with E-state index in [2.05, 4.69) is 34.5 Å². The van der Waals surface area contributed by atoms with Crippen LogP contribution in [-0.4, -0.2) is 32.0 Å². The molecule has 0 fully saturated rings. The van der Waals surface area contributed by atoms with E-state index < -0.39 is 5.91 Å². The molecule has 1 aliphatic carbocycles. The van der Waals surface area contributed by atoms with Crippen LogP contribution in [0.4, 0.5) is 0 Å². The predicted octanol–water partition coefficient (Wildman–Crippen LogP) is 2.05. The molecular formula is C22H25N5O2. The summed E-state index contributed by atoms with van der Waals surface area (Å²) in [6.45, 7) is 5.90. The van der Waals surface area contributed by atoms with Gasteiger partial charge in [-0.15, -0.1) is 0 Å². The van der Waals surface area contributed by atoms with Gasteiger partial charge >= 0.3 is 0 Å². The number of hydrogen-bond donors (Lipinski definition) is 2. The molecule has 7 heteroatoms. The number of nitrogens with two attached hydrogens (primary N) is 1. The molecule has 7 nitrogen and oxygen atoms in total. The predicted molar refractivity (Wildman–Crippen MR) is 110 cm³/mol. The van der Waals surface area contributed by atoms with E-state index >= 15 is 0 Å². The Kier molecular flexibility index (Phi) is 4.61. The lowest BCUT2D eigenvalue weighted by Gasteiger charge is -2.25. The highest BCUT2D eigenvalue weighted by molar-refractivity contribution is 5.98. The van der Waals surface area contributed by atoms with E-state index in [1.807, 2.05) is 26.0 Å². The second-order valence-electron chi connectivity index (χ2n) is 8.15. The number of nitrogens with zero attached hydrogens (tertiary/aromatic N) is 3. The number of rotatable bonds is 5. The zero-order chi connectivity index (χ0) is 20.8. The van der Waals surface area contributed by atoms with Crippen LogP contribution in [0.25, 0.3) is 5.65 Å². The largest absolute Gasteiger partial charge is 0.365 e. The van der Waals surface area contributed by atoms with Gasteiger partial charge in [-0.1, -0.05) is 24.3 Å². The highest BCUT2D eigenvalue weighted by atomic mass is 16.2. The van der Waals surface area contributed by atoms with Gasteiger partial charge in [0.15, 0.2) is 5.65 Å². The number of fused-ring (bicyclic) bond motifs is 2. The van der Waals surface area contributed by atoms with Gasteiger partial charge in [0.25, 0.3) is 5.91 Å². The molecule has 0 spiro atoms. The van der Waals surface area contributed by atoms with Gasteiger partial charge in [0.05, 0.1) is 6.20 Å². The maximum atomic E-state index is 12.7. The lowest BCUT2D eigenvalue weighted by Crippen LogP contribution is -2.46. The molecule has 0 saturated carbocycles. The molecular weight excluding hydrogens is 366 g/mol. The van der Waals surface area contributed by atoms with Gasteiger partial charge < -0.3 is 11.1 Å². The van der Waals surface area contributed by atoms with Crippen LogP contribution in [0.3, 0.4) is 0 Å². The van der Waals surface area contributed by atoms with Crippen molar-refractivity contribution in [3.05, 3.63) is 64.1 Å². The molecule has 3 N–H and O–H groups in total. The second-order valence-corrected chi connectivity index (χ2v) is 8.15. The topological polar surface area (TPSA) is 102 Å². The molecule has 150 valence electrons. The lowest BCUT2D eigenvalue weighted by atomic mass is 9.97. The summed E-state index contributed by atoms with van der Waals surface area (Å²) in [7, 11) is 0. The number of carbonyl (C=O) groups excluding carboxylic acids is 2. The molecule has 3 aromatic rings. The number of hydrogen-bond acceptors (Lipinski definition) is 4. The third kappa shape index (κ3) is 3.48. The Labute approximate surface area is 169 Å². The fourth-order valence-electron chi connectivity index (χ4n) is 4.38. The average molecular weight is 391 g/mol. The van der Waals surface area contributed by atoms with Gasteiger partial charge in [0.1, 0.15) is 5.56 Å². The first-order valence-corrected chi connectivity index (χ1v) is 9.79. The van der Waals surface area contributed by atoms with Gasteiger partial charge in [0.2, 0.25) is 5.91 Å². The standard InChI is InChI=1S/C22H25N5O2/c1-13-17(14(2)27-21(25-13)18(12-24-27)20(23)29)8-9-19(28)26-22(3)10-15-6-4-5-7-16(15)11-22/h4-7,12H,8-11H2,1-3H3,(H2,23,29)(H,26,28). The summed E-state index contributed by atoms with van der Waals surface area (Å²) in [6.07, 6.45) is 4.06. The first kappa shape index (κ1) is 19.1. The first-order chi connectivity index (χ1) is 13.8. The van der Waals surface area contributed by atoms with Gasteiger partial charge in [-0.05, 0) is 56.7 Å². The van der Waals surface area contributed by atoms with Crippen molar-refractivity contribution in [1.82, 2.24) is 19.9 Å². The Morgan fingerprint density at radius 3 is 2.48 bits per heavy atom. The molecule has 1 aromatic carbocycles. The highest BCUT2D eigenvalue weighted by Crippen LogP contribution is 2.29. The Bertz CT molecular complexity index is 1110. The molecule has 1 aliphatic rings. The van der Waals surface area contributed by atoms with Crippen molar-refractivity contribution < 1.29 is 9.59 Å². The summed E-state index contributed by atoms with van der Waals surface area (Å²) in [5, 5.41) is 7.46. The number of nitrogens with one attached hydrogen (secondary N) is 1. The lowest BCUT2D eigenvalue weighted by molar-refractivity contribution is -0.122. The zero-order valence-electron chi connectivity index (χ0n) is 17.0. The van der Waals surface area contributed by atoms with Gasteiger partial charge in [-0.25, -0.2) is 9.50 Å². The van der Waals surface area contributed by atoms with E-state index in [1.165, 1.54) is 17.3 Å². The van der Waals surface area contributed by atoms with Crippen LogP contribution < -0.4 is 11.1 Å². The van der Waals surface area contributed by atoms with Crippen molar-refractivity contribution in [2.24, 2.45) is 5.73 Å². The Balaban J connectivity index is 1.47.